The van der Waals surface area contributed by atoms with Gasteiger partial charge in [-0.2, -0.15) is 0 Å². The Balaban J connectivity index is 1.02. The first kappa shape index (κ1) is 23.9. The minimum Gasteiger partial charge on any atom is -0.379 e. The largest absolute Gasteiger partial charge is 0.379 e. The third-order valence-electron chi connectivity index (χ3n) is 7.27. The number of hydrogen-bond donors (Lipinski definition) is 2. The Labute approximate surface area is 208 Å². The van der Waals surface area contributed by atoms with Crippen LogP contribution >= 0.6 is 0 Å². The van der Waals surface area contributed by atoms with Gasteiger partial charge in [0.25, 0.3) is 5.91 Å². The first-order valence-electron chi connectivity index (χ1n) is 13.0. The Morgan fingerprint density at radius 1 is 0.886 bits per heavy atom. The number of nitrogens with one attached hydrogen (secondary N) is 2. The van der Waals surface area contributed by atoms with Crippen LogP contribution in [0.3, 0.4) is 0 Å². The number of morpholine rings is 1. The van der Waals surface area contributed by atoms with Gasteiger partial charge in [0.1, 0.15) is 0 Å². The van der Waals surface area contributed by atoms with E-state index in [2.05, 4.69) is 73.7 Å². The number of rotatable bonds is 9. The molecule has 0 radical (unpaired) electrons. The third-order valence-corrected chi connectivity index (χ3v) is 7.27. The number of carbonyl (C=O) groups is 1. The number of anilines is 1. The van der Waals surface area contributed by atoms with Crippen LogP contribution in [-0.2, 0) is 11.3 Å². The second kappa shape index (κ2) is 11.7. The van der Waals surface area contributed by atoms with Crippen molar-refractivity contribution in [3.8, 4) is 0 Å². The van der Waals surface area contributed by atoms with Crippen LogP contribution in [-0.4, -0.2) is 80.4 Å². The van der Waals surface area contributed by atoms with Crippen molar-refractivity contribution in [1.82, 2.24) is 20.1 Å². The molecule has 0 aliphatic carbocycles. The highest BCUT2D eigenvalue weighted by molar-refractivity contribution is 5.94. The van der Waals surface area contributed by atoms with E-state index in [0.717, 1.165) is 77.4 Å². The van der Waals surface area contributed by atoms with Crippen LogP contribution in [0.4, 0.5) is 5.69 Å². The van der Waals surface area contributed by atoms with Crippen molar-refractivity contribution in [3.63, 3.8) is 0 Å². The molecule has 3 heterocycles. The van der Waals surface area contributed by atoms with Crippen molar-refractivity contribution >= 4 is 22.5 Å². The molecule has 1 amide bonds. The van der Waals surface area contributed by atoms with Gasteiger partial charge in [0.2, 0.25) is 0 Å². The lowest BCUT2D eigenvalue weighted by atomic mass is 10.0. The number of amides is 1. The SMILES string of the molecule is O=C(NCCN1CCOCC1)c1ccc(N2CCC(NCCn3ccc4ccccc43)CC2)cc1. The molecule has 35 heavy (non-hydrogen) atoms. The lowest BCUT2D eigenvalue weighted by Gasteiger charge is -2.34. The van der Waals surface area contributed by atoms with Crippen LogP contribution in [0, 0.1) is 0 Å². The predicted octanol–water partition coefficient (Wildman–Crippen LogP) is 2.96. The molecule has 1 aromatic heterocycles. The molecule has 0 unspecified atom stereocenters. The van der Waals surface area contributed by atoms with E-state index in [4.69, 9.17) is 4.74 Å². The summed E-state index contributed by atoms with van der Waals surface area (Å²) in [6, 6.07) is 19.4. The van der Waals surface area contributed by atoms with Gasteiger partial charge in [-0.1, -0.05) is 18.2 Å². The standard InChI is InChI=1S/C28H37N5O2/c34-28(30-12-17-31-19-21-35-22-20-31)24-5-7-26(8-6-24)32-15-10-25(11-16-32)29-13-18-33-14-9-23-3-1-2-4-27(23)33/h1-9,14,25,29H,10-13,15-22H2,(H,30,34). The molecule has 2 saturated heterocycles. The normalized spacial score (nSPS) is 17.7. The molecule has 186 valence electrons. The number of hydrogen-bond acceptors (Lipinski definition) is 5. The molecule has 2 N–H and O–H groups in total. The Hall–Kier alpha value is -2.87. The maximum atomic E-state index is 12.5. The second-order valence-electron chi connectivity index (χ2n) is 9.54. The number of ether oxygens (including phenoxy) is 1. The molecular formula is C28H37N5O2. The number of nitrogens with zero attached hydrogens (tertiary/aromatic N) is 3. The van der Waals surface area contributed by atoms with Gasteiger partial charge in [-0.3, -0.25) is 9.69 Å². The molecule has 7 nitrogen and oxygen atoms in total. The summed E-state index contributed by atoms with van der Waals surface area (Å²) in [5, 5.41) is 8.10. The van der Waals surface area contributed by atoms with Crippen LogP contribution in [0.15, 0.2) is 60.8 Å². The van der Waals surface area contributed by atoms with Crippen molar-refractivity contribution in [2.75, 3.05) is 63.9 Å². The Morgan fingerprint density at radius 3 is 2.46 bits per heavy atom. The Kier molecular flexibility index (Phi) is 7.98. The molecule has 2 aromatic carbocycles. The van der Waals surface area contributed by atoms with E-state index in [0.29, 0.717) is 12.6 Å². The Bertz CT molecular complexity index is 1080. The first-order chi connectivity index (χ1) is 17.3. The van der Waals surface area contributed by atoms with E-state index in [1.165, 1.54) is 16.6 Å². The fourth-order valence-corrected chi connectivity index (χ4v) is 5.14. The van der Waals surface area contributed by atoms with E-state index >= 15 is 0 Å². The molecule has 0 atom stereocenters. The molecule has 0 saturated carbocycles. The fraction of sp³-hybridized carbons (Fsp3) is 0.464. The zero-order chi connectivity index (χ0) is 23.9. The minimum absolute atomic E-state index is 0.00295. The number of aromatic nitrogens is 1. The van der Waals surface area contributed by atoms with E-state index in [1.54, 1.807) is 0 Å². The van der Waals surface area contributed by atoms with Crippen molar-refractivity contribution in [2.45, 2.75) is 25.4 Å². The topological polar surface area (TPSA) is 61.8 Å². The number of carbonyl (C=O) groups excluding carboxylic acids is 1. The van der Waals surface area contributed by atoms with Crippen molar-refractivity contribution in [1.29, 1.82) is 0 Å². The lowest BCUT2D eigenvalue weighted by Crippen LogP contribution is -2.43. The van der Waals surface area contributed by atoms with E-state index in [-0.39, 0.29) is 5.91 Å². The highest BCUT2D eigenvalue weighted by atomic mass is 16.5. The van der Waals surface area contributed by atoms with E-state index in [9.17, 15) is 4.79 Å². The summed E-state index contributed by atoms with van der Waals surface area (Å²) in [5.41, 5.74) is 3.23. The highest BCUT2D eigenvalue weighted by Gasteiger charge is 2.19. The van der Waals surface area contributed by atoms with Gasteiger partial charge in [0.15, 0.2) is 0 Å². The van der Waals surface area contributed by atoms with Crippen molar-refractivity contribution < 1.29 is 9.53 Å². The Morgan fingerprint density at radius 2 is 1.66 bits per heavy atom. The average molecular weight is 476 g/mol. The molecular weight excluding hydrogens is 438 g/mol. The fourth-order valence-electron chi connectivity index (χ4n) is 5.14. The summed E-state index contributed by atoms with van der Waals surface area (Å²) in [7, 11) is 0. The summed E-state index contributed by atoms with van der Waals surface area (Å²) in [6.45, 7) is 9.05. The third kappa shape index (κ3) is 6.23. The van der Waals surface area contributed by atoms with Crippen LogP contribution in [0.25, 0.3) is 10.9 Å². The molecule has 0 bridgehead atoms. The van der Waals surface area contributed by atoms with Crippen LogP contribution in [0.1, 0.15) is 23.2 Å². The number of para-hydroxylation sites is 1. The predicted molar refractivity (Wildman–Crippen MR) is 141 cm³/mol. The summed E-state index contributed by atoms with van der Waals surface area (Å²) in [6.07, 6.45) is 4.45. The first-order valence-corrected chi connectivity index (χ1v) is 13.0. The van der Waals surface area contributed by atoms with Gasteiger partial charge in [0.05, 0.1) is 13.2 Å². The zero-order valence-electron chi connectivity index (χ0n) is 20.5. The molecule has 7 heteroatoms. The van der Waals surface area contributed by atoms with Crippen LogP contribution in [0.2, 0.25) is 0 Å². The van der Waals surface area contributed by atoms with Crippen LogP contribution < -0.4 is 15.5 Å². The number of piperidine rings is 1. The zero-order valence-corrected chi connectivity index (χ0v) is 20.5. The van der Waals surface area contributed by atoms with Gasteiger partial charge >= 0.3 is 0 Å². The number of fused-ring (bicyclic) bond motifs is 1. The maximum absolute atomic E-state index is 12.5. The highest BCUT2D eigenvalue weighted by Crippen LogP contribution is 2.21. The molecule has 2 fully saturated rings. The molecule has 2 aliphatic rings. The van der Waals surface area contributed by atoms with Crippen molar-refractivity contribution in [3.05, 3.63) is 66.4 Å². The monoisotopic (exact) mass is 475 g/mol. The maximum Gasteiger partial charge on any atom is 0.251 e. The summed E-state index contributed by atoms with van der Waals surface area (Å²) >= 11 is 0. The second-order valence-corrected chi connectivity index (χ2v) is 9.54. The summed E-state index contributed by atoms with van der Waals surface area (Å²) < 4.78 is 7.70. The average Bonchev–Trinajstić information content (AvgIpc) is 3.33. The molecule has 2 aliphatic heterocycles. The summed E-state index contributed by atoms with van der Waals surface area (Å²) in [4.78, 5) is 17.3. The van der Waals surface area contributed by atoms with E-state index < -0.39 is 0 Å². The van der Waals surface area contributed by atoms with Crippen molar-refractivity contribution in [2.24, 2.45) is 0 Å². The van der Waals surface area contributed by atoms with Gasteiger partial charge in [-0.25, -0.2) is 0 Å². The molecule has 3 aromatic rings. The van der Waals surface area contributed by atoms with Crippen LogP contribution in [0.5, 0.6) is 0 Å². The number of benzene rings is 2. The minimum atomic E-state index is 0.00295. The summed E-state index contributed by atoms with van der Waals surface area (Å²) in [5.74, 6) is 0.00295. The lowest BCUT2D eigenvalue weighted by molar-refractivity contribution is 0.0383. The van der Waals surface area contributed by atoms with E-state index in [1.807, 2.05) is 12.1 Å². The molecule has 5 rings (SSSR count). The smallest absolute Gasteiger partial charge is 0.251 e. The van der Waals surface area contributed by atoms with Gasteiger partial charge in [0, 0.05) is 81.4 Å². The van der Waals surface area contributed by atoms with Gasteiger partial charge in [-0.15, -0.1) is 0 Å². The van der Waals surface area contributed by atoms with Gasteiger partial charge in [-0.05, 0) is 54.6 Å². The molecule has 0 spiro atoms. The quantitative estimate of drug-likeness (QED) is 0.498. The van der Waals surface area contributed by atoms with Gasteiger partial charge < -0.3 is 24.8 Å².